The van der Waals surface area contributed by atoms with E-state index in [2.05, 4.69) is 0 Å². The van der Waals surface area contributed by atoms with Crippen molar-refractivity contribution in [2.24, 2.45) is 0 Å². The Morgan fingerprint density at radius 2 is 2.11 bits per heavy atom. The fourth-order valence-electron chi connectivity index (χ4n) is 2.02. The van der Waals surface area contributed by atoms with E-state index in [9.17, 15) is 18.6 Å². The second kappa shape index (κ2) is 4.87. The monoisotopic (exact) mass is 272 g/mol. The highest BCUT2D eigenvalue weighted by Gasteiger charge is 2.38. The van der Waals surface area contributed by atoms with Gasteiger partial charge in [0.25, 0.3) is 0 Å². The van der Waals surface area contributed by atoms with Gasteiger partial charge in [-0.25, -0.2) is 8.42 Å². The van der Waals surface area contributed by atoms with Crippen LogP contribution in [-0.2, 0) is 16.4 Å². The molecule has 0 spiro atoms. The molecule has 1 aliphatic rings. The predicted octanol–water partition coefficient (Wildman–Crippen LogP) is 0.0240. The molecule has 1 aromatic rings. The minimum atomic E-state index is -3.23. The Balaban J connectivity index is 2.20. The van der Waals surface area contributed by atoms with Crippen LogP contribution in [0.1, 0.15) is 11.1 Å². The van der Waals surface area contributed by atoms with Crippen molar-refractivity contribution in [1.29, 1.82) is 0 Å². The number of aryl methyl sites for hydroxylation is 1. The van der Waals surface area contributed by atoms with Crippen molar-refractivity contribution in [3.05, 3.63) is 29.3 Å². The van der Waals surface area contributed by atoms with Gasteiger partial charge in [-0.3, -0.25) is 0 Å². The second-order valence-corrected chi connectivity index (χ2v) is 6.72. The van der Waals surface area contributed by atoms with Crippen LogP contribution in [0, 0.1) is 6.92 Å². The third kappa shape index (κ3) is 2.82. The first-order chi connectivity index (χ1) is 8.41. The first-order valence-electron chi connectivity index (χ1n) is 5.67. The van der Waals surface area contributed by atoms with Gasteiger partial charge in [-0.2, -0.15) is 0 Å². The van der Waals surface area contributed by atoms with E-state index < -0.39 is 22.0 Å². The molecule has 2 unspecified atom stereocenters. The molecule has 0 bridgehead atoms. The number of hydrogen-bond acceptors (Lipinski definition) is 5. The Kier molecular flexibility index (Phi) is 3.61. The van der Waals surface area contributed by atoms with E-state index in [0.29, 0.717) is 11.3 Å². The zero-order chi connectivity index (χ0) is 13.3. The molecule has 2 atom stereocenters. The van der Waals surface area contributed by atoms with Crippen molar-refractivity contribution < 1.29 is 23.4 Å². The number of rotatable bonds is 3. The number of aliphatic hydroxyl groups excluding tert-OH is 2. The van der Waals surface area contributed by atoms with E-state index in [1.54, 1.807) is 12.1 Å². The molecule has 1 aliphatic heterocycles. The molecule has 0 saturated carbocycles. The van der Waals surface area contributed by atoms with Gasteiger partial charge in [0.2, 0.25) is 0 Å². The summed E-state index contributed by atoms with van der Waals surface area (Å²) < 4.78 is 28.2. The predicted molar refractivity (Wildman–Crippen MR) is 66.2 cm³/mol. The Bertz CT molecular complexity index is 537. The summed E-state index contributed by atoms with van der Waals surface area (Å²) in [5.74, 6) is -0.0329. The maximum absolute atomic E-state index is 11.4. The Morgan fingerprint density at radius 3 is 2.67 bits per heavy atom. The van der Waals surface area contributed by atoms with E-state index in [4.69, 9.17) is 4.74 Å². The van der Waals surface area contributed by atoms with Gasteiger partial charge in [-0.1, -0.05) is 17.7 Å². The van der Waals surface area contributed by atoms with Crippen LogP contribution >= 0.6 is 0 Å². The fraction of sp³-hybridized carbons (Fsp3) is 0.500. The summed E-state index contributed by atoms with van der Waals surface area (Å²) in [4.78, 5) is 0. The molecule has 0 radical (unpaired) electrons. The van der Waals surface area contributed by atoms with Gasteiger partial charge in [0, 0.05) is 5.56 Å². The molecule has 100 valence electrons. The largest absolute Gasteiger partial charge is 0.486 e. The first kappa shape index (κ1) is 13.3. The summed E-state index contributed by atoms with van der Waals surface area (Å²) in [6, 6.07) is 5.26. The highest BCUT2D eigenvalue weighted by atomic mass is 32.2. The third-order valence-electron chi connectivity index (χ3n) is 2.94. The molecule has 1 fully saturated rings. The SMILES string of the molecule is Cc1ccc(OC2CS(=O)(=O)CC2O)c(CO)c1. The average Bonchev–Trinajstić information content (AvgIpc) is 2.54. The topological polar surface area (TPSA) is 83.8 Å². The van der Waals surface area contributed by atoms with Crippen molar-refractivity contribution in [2.75, 3.05) is 11.5 Å². The standard InChI is InChI=1S/C12H16O5S/c1-8-2-3-11(9(4-8)5-13)17-12-7-18(15,16)6-10(12)14/h2-4,10,12-14H,5-7H2,1H3. The van der Waals surface area contributed by atoms with Crippen molar-refractivity contribution >= 4 is 9.84 Å². The van der Waals surface area contributed by atoms with Crippen molar-refractivity contribution in [3.63, 3.8) is 0 Å². The number of ether oxygens (including phenoxy) is 1. The molecular weight excluding hydrogens is 256 g/mol. The molecule has 1 heterocycles. The summed E-state index contributed by atoms with van der Waals surface area (Å²) in [7, 11) is -3.23. The summed E-state index contributed by atoms with van der Waals surface area (Å²) in [6.07, 6.45) is -1.77. The van der Waals surface area contributed by atoms with Gasteiger partial charge < -0.3 is 14.9 Å². The molecule has 2 rings (SSSR count). The summed E-state index contributed by atoms with van der Waals surface area (Å²) in [5.41, 5.74) is 1.57. The van der Waals surface area contributed by atoms with Gasteiger partial charge in [-0.15, -0.1) is 0 Å². The lowest BCUT2D eigenvalue weighted by Gasteiger charge is -2.18. The highest BCUT2D eigenvalue weighted by Crippen LogP contribution is 2.25. The summed E-state index contributed by atoms with van der Waals surface area (Å²) in [5, 5.41) is 18.9. The van der Waals surface area contributed by atoms with Crippen LogP contribution in [0.3, 0.4) is 0 Å². The van der Waals surface area contributed by atoms with Gasteiger partial charge in [0.1, 0.15) is 18.0 Å². The quantitative estimate of drug-likeness (QED) is 0.810. The lowest BCUT2D eigenvalue weighted by molar-refractivity contribution is 0.0721. The molecule has 1 saturated heterocycles. The summed E-state index contributed by atoms with van der Waals surface area (Å²) >= 11 is 0. The molecule has 18 heavy (non-hydrogen) atoms. The fourth-order valence-corrected chi connectivity index (χ4v) is 3.68. The number of aliphatic hydroxyl groups is 2. The van der Waals surface area contributed by atoms with E-state index in [1.165, 1.54) is 0 Å². The lowest BCUT2D eigenvalue weighted by atomic mass is 10.1. The molecule has 6 heteroatoms. The van der Waals surface area contributed by atoms with Crippen LogP contribution in [0.4, 0.5) is 0 Å². The normalized spacial score (nSPS) is 26.2. The molecule has 1 aromatic carbocycles. The first-order valence-corrected chi connectivity index (χ1v) is 7.49. The van der Waals surface area contributed by atoms with Gasteiger partial charge >= 0.3 is 0 Å². The van der Waals surface area contributed by atoms with E-state index in [0.717, 1.165) is 5.56 Å². The number of hydrogen-bond donors (Lipinski definition) is 2. The zero-order valence-corrected chi connectivity index (χ0v) is 10.9. The van der Waals surface area contributed by atoms with Gasteiger partial charge in [0.15, 0.2) is 9.84 Å². The zero-order valence-electron chi connectivity index (χ0n) is 10.0. The van der Waals surface area contributed by atoms with E-state index in [-0.39, 0.29) is 18.1 Å². The van der Waals surface area contributed by atoms with Crippen LogP contribution in [0.25, 0.3) is 0 Å². The minimum Gasteiger partial charge on any atom is -0.486 e. The third-order valence-corrected chi connectivity index (χ3v) is 4.62. The van der Waals surface area contributed by atoms with Gasteiger partial charge in [-0.05, 0) is 13.0 Å². The number of sulfone groups is 1. The molecule has 0 aromatic heterocycles. The highest BCUT2D eigenvalue weighted by molar-refractivity contribution is 7.91. The maximum Gasteiger partial charge on any atom is 0.156 e. The van der Waals surface area contributed by atoms with Crippen LogP contribution in [0.15, 0.2) is 18.2 Å². The van der Waals surface area contributed by atoms with Crippen molar-refractivity contribution in [3.8, 4) is 5.75 Å². The Hall–Kier alpha value is -1.11. The van der Waals surface area contributed by atoms with E-state index >= 15 is 0 Å². The van der Waals surface area contributed by atoms with E-state index in [1.807, 2.05) is 13.0 Å². The molecule has 2 N–H and O–H groups in total. The molecule has 0 amide bonds. The molecular formula is C12H16O5S. The van der Waals surface area contributed by atoms with Crippen LogP contribution in [-0.4, -0.2) is 42.3 Å². The minimum absolute atomic E-state index is 0.188. The van der Waals surface area contributed by atoms with Crippen LogP contribution in [0.2, 0.25) is 0 Å². The lowest BCUT2D eigenvalue weighted by Crippen LogP contribution is -2.30. The molecule has 0 aliphatic carbocycles. The smallest absolute Gasteiger partial charge is 0.156 e. The molecule has 5 nitrogen and oxygen atoms in total. The average molecular weight is 272 g/mol. The Morgan fingerprint density at radius 1 is 1.39 bits per heavy atom. The van der Waals surface area contributed by atoms with Crippen molar-refractivity contribution in [1.82, 2.24) is 0 Å². The van der Waals surface area contributed by atoms with Gasteiger partial charge in [0.05, 0.1) is 18.1 Å². The number of benzene rings is 1. The van der Waals surface area contributed by atoms with Crippen molar-refractivity contribution in [2.45, 2.75) is 25.7 Å². The maximum atomic E-state index is 11.4. The van der Waals surface area contributed by atoms with Crippen LogP contribution < -0.4 is 4.74 Å². The van der Waals surface area contributed by atoms with Crippen LogP contribution in [0.5, 0.6) is 5.75 Å². The second-order valence-electron chi connectivity index (χ2n) is 4.57. The summed E-state index contributed by atoms with van der Waals surface area (Å²) in [6.45, 7) is 1.70. The Labute approximate surface area is 106 Å².